The van der Waals surface area contributed by atoms with Crippen LogP contribution in [0.1, 0.15) is 20.8 Å². The third kappa shape index (κ3) is 2.43. The number of nitrogens with one attached hydrogen (secondary N) is 1. The fraction of sp³-hybridized carbons (Fsp3) is 0.182. The molecule has 0 aliphatic carbocycles. The molecular formula is C11H12N2OS2. The van der Waals surface area contributed by atoms with Crippen molar-refractivity contribution in [2.24, 2.45) is 5.73 Å². The number of thiophene rings is 2. The summed E-state index contributed by atoms with van der Waals surface area (Å²) < 4.78 is 0. The van der Waals surface area contributed by atoms with Gasteiger partial charge in [-0.3, -0.25) is 4.79 Å². The molecule has 3 N–H and O–H groups in total. The van der Waals surface area contributed by atoms with Gasteiger partial charge in [0.1, 0.15) is 0 Å². The van der Waals surface area contributed by atoms with Gasteiger partial charge in [0.05, 0.1) is 5.56 Å². The standard InChI is InChI=1S/C11H12N2OS2/c1-7-4-15-6-10(7)13-3-9-2-8(5-16-9)11(12)14/h2,4-6,13H,3H2,1H3,(H2,12,14). The highest BCUT2D eigenvalue weighted by atomic mass is 32.1. The summed E-state index contributed by atoms with van der Waals surface area (Å²) in [6, 6.07) is 1.84. The average molecular weight is 252 g/mol. The molecule has 84 valence electrons. The van der Waals surface area contributed by atoms with Crippen molar-refractivity contribution in [2.45, 2.75) is 13.5 Å². The zero-order chi connectivity index (χ0) is 11.5. The molecule has 0 fully saturated rings. The number of aryl methyl sites for hydroxylation is 1. The molecule has 16 heavy (non-hydrogen) atoms. The quantitative estimate of drug-likeness (QED) is 0.879. The van der Waals surface area contributed by atoms with E-state index >= 15 is 0 Å². The van der Waals surface area contributed by atoms with Crippen LogP contribution in [0.2, 0.25) is 0 Å². The van der Waals surface area contributed by atoms with Crippen molar-refractivity contribution in [1.82, 2.24) is 0 Å². The van der Waals surface area contributed by atoms with Gasteiger partial charge in [-0.05, 0) is 23.9 Å². The maximum Gasteiger partial charge on any atom is 0.249 e. The van der Waals surface area contributed by atoms with E-state index in [0.29, 0.717) is 5.56 Å². The number of hydrogen-bond donors (Lipinski definition) is 2. The van der Waals surface area contributed by atoms with Gasteiger partial charge >= 0.3 is 0 Å². The van der Waals surface area contributed by atoms with E-state index in [1.54, 1.807) is 28.1 Å². The highest BCUT2D eigenvalue weighted by molar-refractivity contribution is 7.10. The molecule has 2 heterocycles. The Morgan fingerprint density at radius 2 is 2.25 bits per heavy atom. The minimum Gasteiger partial charge on any atom is -0.379 e. The van der Waals surface area contributed by atoms with Gasteiger partial charge in [0.25, 0.3) is 0 Å². The van der Waals surface area contributed by atoms with Crippen LogP contribution in [-0.4, -0.2) is 5.91 Å². The summed E-state index contributed by atoms with van der Waals surface area (Å²) in [6.07, 6.45) is 0. The summed E-state index contributed by atoms with van der Waals surface area (Å²) in [6.45, 7) is 2.80. The van der Waals surface area contributed by atoms with E-state index in [1.807, 2.05) is 6.07 Å². The molecule has 2 rings (SSSR count). The largest absolute Gasteiger partial charge is 0.379 e. The summed E-state index contributed by atoms with van der Waals surface area (Å²) in [5.74, 6) is -0.366. The second-order valence-corrected chi connectivity index (χ2v) is 5.23. The lowest BCUT2D eigenvalue weighted by Crippen LogP contribution is -2.09. The van der Waals surface area contributed by atoms with Crippen LogP contribution < -0.4 is 11.1 Å². The van der Waals surface area contributed by atoms with Gasteiger partial charge in [-0.2, -0.15) is 0 Å². The van der Waals surface area contributed by atoms with Gasteiger partial charge in [0.15, 0.2) is 0 Å². The maximum atomic E-state index is 10.9. The van der Waals surface area contributed by atoms with Crippen LogP contribution in [0.25, 0.3) is 0 Å². The Bertz CT molecular complexity index is 502. The van der Waals surface area contributed by atoms with E-state index in [0.717, 1.165) is 17.1 Å². The van der Waals surface area contributed by atoms with Crippen LogP contribution in [-0.2, 0) is 6.54 Å². The molecule has 1 amide bonds. The van der Waals surface area contributed by atoms with Crippen LogP contribution in [0, 0.1) is 6.92 Å². The zero-order valence-electron chi connectivity index (χ0n) is 8.82. The molecule has 0 aliphatic heterocycles. The molecule has 0 bridgehead atoms. The zero-order valence-corrected chi connectivity index (χ0v) is 10.5. The minimum atomic E-state index is -0.366. The van der Waals surface area contributed by atoms with Gasteiger partial charge in [-0.15, -0.1) is 22.7 Å². The maximum absolute atomic E-state index is 10.9. The first-order valence-electron chi connectivity index (χ1n) is 4.80. The number of carbonyl (C=O) groups excluding carboxylic acids is 1. The molecule has 0 radical (unpaired) electrons. The third-order valence-corrected chi connectivity index (χ3v) is 4.05. The molecule has 0 spiro atoms. The molecule has 2 aromatic heterocycles. The van der Waals surface area contributed by atoms with Crippen LogP contribution in [0.15, 0.2) is 22.2 Å². The van der Waals surface area contributed by atoms with E-state index in [2.05, 4.69) is 23.0 Å². The molecule has 0 unspecified atom stereocenters. The lowest BCUT2D eigenvalue weighted by Gasteiger charge is -2.02. The second-order valence-electron chi connectivity index (χ2n) is 3.49. The SMILES string of the molecule is Cc1cscc1NCc1cc(C(N)=O)cs1. The summed E-state index contributed by atoms with van der Waals surface area (Å²) >= 11 is 3.22. The van der Waals surface area contributed by atoms with Gasteiger partial charge in [-0.1, -0.05) is 0 Å². The van der Waals surface area contributed by atoms with Gasteiger partial charge in [0.2, 0.25) is 5.91 Å². The number of primary amides is 1. The number of anilines is 1. The van der Waals surface area contributed by atoms with Gasteiger partial charge < -0.3 is 11.1 Å². The Kier molecular flexibility index (Phi) is 3.26. The lowest BCUT2D eigenvalue weighted by atomic mass is 10.3. The number of rotatable bonds is 4. The Balaban J connectivity index is 2.00. The molecule has 0 aliphatic rings. The summed E-state index contributed by atoms with van der Waals surface area (Å²) in [5.41, 5.74) is 8.18. The van der Waals surface area contributed by atoms with Crippen molar-refractivity contribution in [3.63, 3.8) is 0 Å². The van der Waals surface area contributed by atoms with Crippen molar-refractivity contribution in [1.29, 1.82) is 0 Å². The molecule has 5 heteroatoms. The molecule has 3 nitrogen and oxygen atoms in total. The second kappa shape index (κ2) is 4.67. The smallest absolute Gasteiger partial charge is 0.249 e. The summed E-state index contributed by atoms with van der Waals surface area (Å²) in [5, 5.41) is 9.31. The van der Waals surface area contributed by atoms with Gasteiger partial charge in [0, 0.05) is 27.9 Å². The molecule has 0 saturated heterocycles. The molecular weight excluding hydrogens is 240 g/mol. The topological polar surface area (TPSA) is 55.1 Å². The Labute approximate surface area is 102 Å². The van der Waals surface area contributed by atoms with Crippen LogP contribution in [0.5, 0.6) is 0 Å². The van der Waals surface area contributed by atoms with Crippen molar-refractivity contribution in [3.8, 4) is 0 Å². The Morgan fingerprint density at radius 1 is 1.44 bits per heavy atom. The molecule has 0 atom stereocenters. The monoisotopic (exact) mass is 252 g/mol. The summed E-state index contributed by atoms with van der Waals surface area (Å²) in [4.78, 5) is 12.0. The predicted molar refractivity (Wildman–Crippen MR) is 69.2 cm³/mol. The third-order valence-electron chi connectivity index (χ3n) is 2.25. The van der Waals surface area contributed by atoms with Crippen molar-refractivity contribution < 1.29 is 4.79 Å². The summed E-state index contributed by atoms with van der Waals surface area (Å²) in [7, 11) is 0. The average Bonchev–Trinajstić information content (AvgIpc) is 2.83. The Morgan fingerprint density at radius 3 is 2.81 bits per heavy atom. The minimum absolute atomic E-state index is 0.366. The number of nitrogens with two attached hydrogens (primary N) is 1. The first-order valence-corrected chi connectivity index (χ1v) is 6.63. The van der Waals surface area contributed by atoms with Crippen LogP contribution in [0.3, 0.4) is 0 Å². The number of amides is 1. The molecule has 0 aromatic carbocycles. The normalized spacial score (nSPS) is 10.3. The lowest BCUT2D eigenvalue weighted by molar-refractivity contribution is 0.100. The highest BCUT2D eigenvalue weighted by Gasteiger charge is 2.05. The first-order chi connectivity index (χ1) is 7.66. The fourth-order valence-electron chi connectivity index (χ4n) is 1.33. The van der Waals surface area contributed by atoms with E-state index < -0.39 is 0 Å². The van der Waals surface area contributed by atoms with E-state index in [1.165, 1.54) is 5.56 Å². The first kappa shape index (κ1) is 11.2. The van der Waals surface area contributed by atoms with Crippen molar-refractivity contribution in [2.75, 3.05) is 5.32 Å². The van der Waals surface area contributed by atoms with Crippen LogP contribution >= 0.6 is 22.7 Å². The molecule has 2 aromatic rings. The molecule has 0 saturated carbocycles. The fourth-order valence-corrected chi connectivity index (χ4v) is 2.94. The van der Waals surface area contributed by atoms with Gasteiger partial charge in [-0.25, -0.2) is 0 Å². The van der Waals surface area contributed by atoms with Crippen molar-refractivity contribution >= 4 is 34.3 Å². The number of hydrogen-bond acceptors (Lipinski definition) is 4. The van der Waals surface area contributed by atoms with Crippen LogP contribution in [0.4, 0.5) is 5.69 Å². The highest BCUT2D eigenvalue weighted by Crippen LogP contribution is 2.21. The van der Waals surface area contributed by atoms with Crippen molar-refractivity contribution in [3.05, 3.63) is 38.2 Å². The predicted octanol–water partition coefficient (Wildman–Crippen LogP) is 2.83. The van der Waals surface area contributed by atoms with E-state index in [-0.39, 0.29) is 5.91 Å². The Hall–Kier alpha value is -1.33. The van der Waals surface area contributed by atoms with E-state index in [9.17, 15) is 4.79 Å². The van der Waals surface area contributed by atoms with E-state index in [4.69, 9.17) is 5.73 Å². The number of carbonyl (C=O) groups is 1.